The predicted molar refractivity (Wildman–Crippen MR) is 86.4 cm³/mol. The number of carbonyl (C=O) groups excluding carboxylic acids is 2. The Kier molecular flexibility index (Phi) is 4.43. The summed E-state index contributed by atoms with van der Waals surface area (Å²) in [6.45, 7) is 4.30. The highest BCUT2D eigenvalue weighted by Gasteiger charge is 2.53. The largest absolute Gasteiger partial charge is 0.458 e. The third-order valence-corrected chi connectivity index (χ3v) is 5.07. The molecule has 1 aliphatic carbocycles. The molecule has 130 valence electrons. The van der Waals surface area contributed by atoms with Crippen LogP contribution in [0.15, 0.2) is 10.9 Å². The van der Waals surface area contributed by atoms with E-state index >= 15 is 0 Å². The molecule has 1 saturated carbocycles. The van der Waals surface area contributed by atoms with Crippen LogP contribution in [0, 0.1) is 19.8 Å². The predicted octanol–water partition coefficient (Wildman–Crippen LogP) is 0.852. The minimum Gasteiger partial charge on any atom is -0.458 e. The zero-order valence-electron chi connectivity index (χ0n) is 14.1. The lowest BCUT2D eigenvalue weighted by molar-refractivity contribution is -0.149. The van der Waals surface area contributed by atoms with Gasteiger partial charge in [0.15, 0.2) is 0 Å². The fourth-order valence-electron chi connectivity index (χ4n) is 3.91. The number of aromatic nitrogens is 2. The van der Waals surface area contributed by atoms with E-state index in [1.165, 1.54) is 4.57 Å². The van der Waals surface area contributed by atoms with Gasteiger partial charge < -0.3 is 10.1 Å². The molecule has 7 nitrogen and oxygen atoms in total. The van der Waals surface area contributed by atoms with E-state index in [4.69, 9.17) is 4.74 Å². The molecule has 1 aromatic rings. The van der Waals surface area contributed by atoms with Gasteiger partial charge in [-0.15, -0.1) is 0 Å². The number of nitrogens with zero attached hydrogens (tertiary/aromatic N) is 2. The molecule has 2 fully saturated rings. The van der Waals surface area contributed by atoms with E-state index < -0.39 is 11.5 Å². The summed E-state index contributed by atoms with van der Waals surface area (Å²) >= 11 is 0. The molecule has 1 spiro atoms. The van der Waals surface area contributed by atoms with Gasteiger partial charge in [0.05, 0.1) is 12.3 Å². The minimum atomic E-state index is -0.598. The van der Waals surface area contributed by atoms with Gasteiger partial charge in [0, 0.05) is 24.5 Å². The van der Waals surface area contributed by atoms with Crippen LogP contribution < -0.4 is 11.0 Å². The van der Waals surface area contributed by atoms with Crippen LogP contribution in [-0.2, 0) is 20.9 Å². The lowest BCUT2D eigenvalue weighted by Crippen LogP contribution is -2.44. The van der Waals surface area contributed by atoms with Crippen molar-refractivity contribution in [2.45, 2.75) is 58.1 Å². The van der Waals surface area contributed by atoms with Crippen LogP contribution in [0.2, 0.25) is 0 Å². The van der Waals surface area contributed by atoms with Crippen LogP contribution in [-0.4, -0.2) is 33.6 Å². The number of nitrogens with one attached hydrogen (secondary N) is 1. The second-order valence-electron chi connectivity index (χ2n) is 6.77. The molecule has 1 unspecified atom stereocenters. The molecule has 1 saturated heterocycles. The molecule has 1 N–H and O–H groups in total. The van der Waals surface area contributed by atoms with Crippen LogP contribution in [0.1, 0.15) is 43.5 Å². The van der Waals surface area contributed by atoms with Crippen LogP contribution in [0.25, 0.3) is 0 Å². The number of carbonyl (C=O) groups is 2. The van der Waals surface area contributed by atoms with Crippen LogP contribution in [0.5, 0.6) is 0 Å². The quantitative estimate of drug-likeness (QED) is 0.825. The van der Waals surface area contributed by atoms with Crippen molar-refractivity contribution in [2.75, 3.05) is 6.54 Å². The number of hydrogen-bond acceptors (Lipinski definition) is 5. The lowest BCUT2D eigenvalue weighted by Gasteiger charge is -2.27. The molecule has 0 aromatic carbocycles. The molecule has 2 heterocycles. The Labute approximate surface area is 140 Å². The Bertz CT molecular complexity index is 719. The first kappa shape index (κ1) is 16.7. The summed E-state index contributed by atoms with van der Waals surface area (Å²) < 4.78 is 7.03. The average molecular weight is 333 g/mol. The van der Waals surface area contributed by atoms with Crippen molar-refractivity contribution < 1.29 is 14.3 Å². The SMILES string of the molecule is Cc1cc(C)n(CCNC(=O)C2CC(=O)OC23CCCC3)c(=O)n1. The van der Waals surface area contributed by atoms with Crippen molar-refractivity contribution in [1.29, 1.82) is 0 Å². The molecule has 1 atom stereocenters. The van der Waals surface area contributed by atoms with Crippen molar-refractivity contribution in [3.63, 3.8) is 0 Å². The second-order valence-corrected chi connectivity index (χ2v) is 6.77. The first-order valence-electron chi connectivity index (χ1n) is 8.46. The van der Waals surface area contributed by atoms with Crippen molar-refractivity contribution in [2.24, 2.45) is 5.92 Å². The van der Waals surface area contributed by atoms with Crippen molar-refractivity contribution in [3.8, 4) is 0 Å². The maximum Gasteiger partial charge on any atom is 0.348 e. The summed E-state index contributed by atoms with van der Waals surface area (Å²) in [5.74, 6) is -0.859. The molecule has 3 rings (SSSR count). The summed E-state index contributed by atoms with van der Waals surface area (Å²) in [5, 5.41) is 2.86. The van der Waals surface area contributed by atoms with Gasteiger partial charge in [-0.25, -0.2) is 4.79 Å². The molecule has 2 aliphatic rings. The first-order chi connectivity index (χ1) is 11.4. The zero-order chi connectivity index (χ0) is 17.3. The molecule has 24 heavy (non-hydrogen) atoms. The summed E-state index contributed by atoms with van der Waals surface area (Å²) in [7, 11) is 0. The van der Waals surface area contributed by atoms with E-state index in [1.54, 1.807) is 6.92 Å². The maximum atomic E-state index is 12.5. The number of hydrogen-bond donors (Lipinski definition) is 1. The van der Waals surface area contributed by atoms with Crippen LogP contribution >= 0.6 is 0 Å². The third-order valence-electron chi connectivity index (χ3n) is 5.07. The van der Waals surface area contributed by atoms with Gasteiger partial charge in [0.2, 0.25) is 5.91 Å². The number of esters is 1. The van der Waals surface area contributed by atoms with Gasteiger partial charge in [0.1, 0.15) is 5.60 Å². The number of ether oxygens (including phenoxy) is 1. The summed E-state index contributed by atoms with van der Waals surface area (Å²) in [6, 6.07) is 1.83. The van der Waals surface area contributed by atoms with Crippen LogP contribution in [0.4, 0.5) is 0 Å². The van der Waals surface area contributed by atoms with Gasteiger partial charge in [-0.3, -0.25) is 14.2 Å². The number of aryl methyl sites for hydroxylation is 2. The fraction of sp³-hybridized carbons (Fsp3) is 0.647. The molecule has 1 aliphatic heterocycles. The monoisotopic (exact) mass is 333 g/mol. The highest BCUT2D eigenvalue weighted by atomic mass is 16.6. The van der Waals surface area contributed by atoms with E-state index in [9.17, 15) is 14.4 Å². The molecule has 7 heteroatoms. The Morgan fingerprint density at radius 1 is 1.38 bits per heavy atom. The summed E-state index contributed by atoms with van der Waals surface area (Å²) in [4.78, 5) is 40.0. The Hall–Kier alpha value is -2.18. The zero-order valence-corrected chi connectivity index (χ0v) is 14.1. The van der Waals surface area contributed by atoms with E-state index in [-0.39, 0.29) is 24.0 Å². The van der Waals surface area contributed by atoms with Gasteiger partial charge in [0.25, 0.3) is 0 Å². The first-order valence-corrected chi connectivity index (χ1v) is 8.46. The number of amides is 1. The van der Waals surface area contributed by atoms with E-state index in [2.05, 4.69) is 10.3 Å². The molecule has 0 radical (unpaired) electrons. The Balaban J connectivity index is 1.62. The van der Waals surface area contributed by atoms with Gasteiger partial charge in [-0.2, -0.15) is 4.98 Å². The van der Waals surface area contributed by atoms with E-state index in [0.29, 0.717) is 18.8 Å². The highest BCUT2D eigenvalue weighted by molar-refractivity contribution is 5.87. The summed E-state index contributed by atoms with van der Waals surface area (Å²) in [5.41, 5.74) is 0.587. The van der Waals surface area contributed by atoms with Gasteiger partial charge >= 0.3 is 11.7 Å². The Morgan fingerprint density at radius 2 is 2.08 bits per heavy atom. The Morgan fingerprint density at radius 3 is 2.75 bits per heavy atom. The minimum absolute atomic E-state index is 0.150. The second kappa shape index (κ2) is 6.37. The van der Waals surface area contributed by atoms with E-state index in [0.717, 1.165) is 31.4 Å². The molecule has 1 aromatic heterocycles. The molecular weight excluding hydrogens is 310 g/mol. The number of rotatable bonds is 4. The van der Waals surface area contributed by atoms with Crippen molar-refractivity contribution in [3.05, 3.63) is 27.9 Å². The smallest absolute Gasteiger partial charge is 0.348 e. The molecule has 1 amide bonds. The normalized spacial score (nSPS) is 21.9. The van der Waals surface area contributed by atoms with Gasteiger partial charge in [-0.05, 0) is 45.6 Å². The van der Waals surface area contributed by atoms with Crippen molar-refractivity contribution in [1.82, 2.24) is 14.9 Å². The van der Waals surface area contributed by atoms with Crippen LogP contribution in [0.3, 0.4) is 0 Å². The summed E-state index contributed by atoms with van der Waals surface area (Å²) in [6.07, 6.45) is 3.65. The van der Waals surface area contributed by atoms with Gasteiger partial charge in [-0.1, -0.05) is 0 Å². The highest BCUT2D eigenvalue weighted by Crippen LogP contribution is 2.45. The standard InChI is InChI=1S/C17H23N3O4/c1-11-9-12(2)20(16(23)19-11)8-7-18-15(22)13-10-14(21)24-17(13)5-3-4-6-17/h9,13H,3-8,10H2,1-2H3,(H,18,22). The maximum absolute atomic E-state index is 12.5. The van der Waals surface area contributed by atoms with Crippen molar-refractivity contribution >= 4 is 11.9 Å². The fourth-order valence-corrected chi connectivity index (χ4v) is 3.91. The lowest BCUT2D eigenvalue weighted by atomic mass is 9.85. The topological polar surface area (TPSA) is 90.3 Å². The average Bonchev–Trinajstić information content (AvgIpc) is 3.09. The third kappa shape index (κ3) is 3.07. The molecule has 0 bridgehead atoms. The molecular formula is C17H23N3O4. The van der Waals surface area contributed by atoms with E-state index in [1.807, 2.05) is 13.0 Å².